The number of nitrogens with one attached hydrogen (secondary N) is 1. The van der Waals surface area contributed by atoms with Crippen LogP contribution < -0.4 is 16.8 Å². The van der Waals surface area contributed by atoms with Gasteiger partial charge in [-0.25, -0.2) is 0 Å². The molecule has 1 aliphatic rings. The van der Waals surface area contributed by atoms with Crippen molar-refractivity contribution < 1.29 is 4.79 Å². The van der Waals surface area contributed by atoms with E-state index in [1.54, 1.807) is 0 Å². The smallest absolute Gasteiger partial charge is 0.220 e. The summed E-state index contributed by atoms with van der Waals surface area (Å²) in [6.07, 6.45) is 1.42. The third-order valence-corrected chi connectivity index (χ3v) is 1.58. The molecule has 1 aliphatic heterocycles. The molecule has 0 saturated carbocycles. The lowest BCUT2D eigenvalue weighted by Gasteiger charge is -2.04. The van der Waals surface area contributed by atoms with E-state index in [-0.39, 0.29) is 17.9 Å². The first-order valence-electron chi connectivity index (χ1n) is 3.53. The number of amides is 1. The highest BCUT2D eigenvalue weighted by Gasteiger charge is 2.19. The quantitative estimate of drug-likeness (QED) is 0.337. The Balaban J connectivity index is 2.29. The third kappa shape index (κ3) is 2.45. The molecule has 1 heterocycles. The van der Waals surface area contributed by atoms with Crippen LogP contribution in [0.4, 0.5) is 0 Å². The molecule has 5 heteroatoms. The van der Waals surface area contributed by atoms with E-state index < -0.39 is 0 Å². The molecular weight excluding hydrogens is 144 g/mol. The van der Waals surface area contributed by atoms with Gasteiger partial charge in [-0.2, -0.15) is 0 Å². The molecule has 0 aromatic rings. The van der Waals surface area contributed by atoms with Crippen molar-refractivity contribution in [1.29, 1.82) is 0 Å². The molecule has 1 unspecified atom stereocenters. The largest absolute Gasteiger partial charge is 0.370 e. The Hall–Kier alpha value is -1.26. The van der Waals surface area contributed by atoms with E-state index in [1.807, 2.05) is 0 Å². The van der Waals surface area contributed by atoms with Gasteiger partial charge >= 0.3 is 0 Å². The van der Waals surface area contributed by atoms with Crippen molar-refractivity contribution >= 4 is 11.9 Å². The predicted molar refractivity (Wildman–Crippen MR) is 41.8 cm³/mol. The van der Waals surface area contributed by atoms with E-state index in [4.69, 9.17) is 11.5 Å². The van der Waals surface area contributed by atoms with Gasteiger partial charge in [0.1, 0.15) is 0 Å². The van der Waals surface area contributed by atoms with Crippen molar-refractivity contribution in [3.63, 3.8) is 0 Å². The molecular formula is C6H12N4O. The molecule has 1 atom stereocenters. The minimum absolute atomic E-state index is 0.0751. The molecule has 5 N–H and O–H groups in total. The predicted octanol–water partition coefficient (Wildman–Crippen LogP) is -1.46. The van der Waals surface area contributed by atoms with Crippen molar-refractivity contribution in [2.24, 2.45) is 16.5 Å². The number of guanidine groups is 1. The Morgan fingerprint density at radius 3 is 2.91 bits per heavy atom. The second kappa shape index (κ2) is 3.23. The van der Waals surface area contributed by atoms with Crippen molar-refractivity contribution in [2.45, 2.75) is 18.9 Å². The summed E-state index contributed by atoms with van der Waals surface area (Å²) in [7, 11) is 0. The molecule has 1 rings (SSSR count). The Morgan fingerprint density at radius 1 is 1.73 bits per heavy atom. The van der Waals surface area contributed by atoms with Crippen LogP contribution in [-0.4, -0.2) is 24.5 Å². The van der Waals surface area contributed by atoms with Crippen molar-refractivity contribution in [3.8, 4) is 0 Å². The molecule has 0 aromatic carbocycles. The maximum Gasteiger partial charge on any atom is 0.220 e. The van der Waals surface area contributed by atoms with Crippen LogP contribution in [0.15, 0.2) is 4.99 Å². The fraction of sp³-hybridized carbons (Fsp3) is 0.667. The van der Waals surface area contributed by atoms with Crippen LogP contribution in [0, 0.1) is 0 Å². The Kier molecular flexibility index (Phi) is 2.30. The second-order valence-electron chi connectivity index (χ2n) is 2.57. The minimum Gasteiger partial charge on any atom is -0.370 e. The summed E-state index contributed by atoms with van der Waals surface area (Å²) in [4.78, 5) is 14.5. The van der Waals surface area contributed by atoms with E-state index in [0.717, 1.165) is 6.42 Å². The molecule has 0 aliphatic carbocycles. The fourth-order valence-electron chi connectivity index (χ4n) is 1.03. The van der Waals surface area contributed by atoms with Crippen LogP contribution in [0.1, 0.15) is 12.8 Å². The molecule has 0 radical (unpaired) electrons. The highest BCUT2D eigenvalue weighted by molar-refractivity contribution is 5.79. The normalized spacial score (nSPS) is 22.9. The van der Waals surface area contributed by atoms with Gasteiger partial charge in [0, 0.05) is 12.5 Å². The number of hydrogen-bond acceptors (Lipinski definition) is 2. The van der Waals surface area contributed by atoms with Gasteiger partial charge in [-0.1, -0.05) is 0 Å². The van der Waals surface area contributed by atoms with E-state index >= 15 is 0 Å². The van der Waals surface area contributed by atoms with E-state index in [1.165, 1.54) is 0 Å². The first kappa shape index (κ1) is 7.84. The lowest BCUT2D eigenvalue weighted by Crippen LogP contribution is -2.30. The zero-order chi connectivity index (χ0) is 8.27. The van der Waals surface area contributed by atoms with Crippen molar-refractivity contribution in [1.82, 2.24) is 5.32 Å². The number of hydrogen-bond donors (Lipinski definition) is 3. The monoisotopic (exact) mass is 156 g/mol. The second-order valence-corrected chi connectivity index (χ2v) is 2.57. The molecule has 1 saturated heterocycles. The summed E-state index contributed by atoms with van der Waals surface area (Å²) in [6, 6.07) is 0.129. The first-order chi connectivity index (χ1) is 5.18. The Bertz CT molecular complexity index is 185. The summed E-state index contributed by atoms with van der Waals surface area (Å²) in [5, 5.41) is 2.75. The maximum atomic E-state index is 10.7. The zero-order valence-electron chi connectivity index (χ0n) is 6.21. The van der Waals surface area contributed by atoms with Gasteiger partial charge in [-0.05, 0) is 6.42 Å². The average Bonchev–Trinajstić information content (AvgIpc) is 2.31. The zero-order valence-corrected chi connectivity index (χ0v) is 6.21. The van der Waals surface area contributed by atoms with Crippen molar-refractivity contribution in [3.05, 3.63) is 0 Å². The van der Waals surface area contributed by atoms with Gasteiger partial charge in [0.2, 0.25) is 5.91 Å². The fourth-order valence-corrected chi connectivity index (χ4v) is 1.03. The molecule has 62 valence electrons. The topological polar surface area (TPSA) is 93.5 Å². The van der Waals surface area contributed by atoms with Crippen LogP contribution in [-0.2, 0) is 4.79 Å². The van der Waals surface area contributed by atoms with Gasteiger partial charge in [0.15, 0.2) is 5.96 Å². The molecule has 11 heavy (non-hydrogen) atoms. The van der Waals surface area contributed by atoms with Crippen LogP contribution in [0.5, 0.6) is 0 Å². The number of carbonyl (C=O) groups excluding carboxylic acids is 1. The van der Waals surface area contributed by atoms with Gasteiger partial charge in [0.05, 0.1) is 6.54 Å². The van der Waals surface area contributed by atoms with Gasteiger partial charge in [-0.15, -0.1) is 0 Å². The number of rotatable bonds is 2. The minimum atomic E-state index is 0.0751. The average molecular weight is 156 g/mol. The summed E-state index contributed by atoms with van der Waals surface area (Å²) in [6.45, 7) is 0.494. The number of nitrogens with zero attached hydrogens (tertiary/aromatic N) is 1. The van der Waals surface area contributed by atoms with Gasteiger partial charge in [0.25, 0.3) is 0 Å². The highest BCUT2D eigenvalue weighted by atomic mass is 16.1. The molecule has 0 bridgehead atoms. The SMILES string of the molecule is NC(N)=NCC1CCC(=O)N1. The van der Waals surface area contributed by atoms with Crippen LogP contribution in [0.25, 0.3) is 0 Å². The summed E-state index contributed by atoms with van der Waals surface area (Å²) in [5.41, 5.74) is 10.2. The van der Waals surface area contributed by atoms with E-state index in [0.29, 0.717) is 13.0 Å². The lowest BCUT2D eigenvalue weighted by atomic mass is 10.2. The van der Waals surface area contributed by atoms with Gasteiger partial charge < -0.3 is 16.8 Å². The molecule has 1 amide bonds. The maximum absolute atomic E-state index is 10.7. The summed E-state index contributed by atoms with van der Waals surface area (Å²) >= 11 is 0. The van der Waals surface area contributed by atoms with E-state index in [9.17, 15) is 4.79 Å². The number of carbonyl (C=O) groups is 1. The summed E-state index contributed by atoms with van der Waals surface area (Å²) in [5.74, 6) is 0.159. The van der Waals surface area contributed by atoms with Crippen molar-refractivity contribution in [2.75, 3.05) is 6.54 Å². The molecule has 5 nitrogen and oxygen atoms in total. The Morgan fingerprint density at radius 2 is 2.45 bits per heavy atom. The summed E-state index contributed by atoms with van der Waals surface area (Å²) < 4.78 is 0. The molecule has 1 fully saturated rings. The Labute approximate surface area is 64.8 Å². The first-order valence-corrected chi connectivity index (χ1v) is 3.53. The number of aliphatic imine (C=N–C) groups is 1. The standard InChI is InChI=1S/C6H12N4O/c7-6(8)9-3-4-1-2-5(11)10-4/h4H,1-3H2,(H,10,11)(H4,7,8,9). The van der Waals surface area contributed by atoms with Crippen LogP contribution >= 0.6 is 0 Å². The van der Waals surface area contributed by atoms with Crippen LogP contribution in [0.3, 0.4) is 0 Å². The highest BCUT2D eigenvalue weighted by Crippen LogP contribution is 2.05. The molecule has 0 spiro atoms. The third-order valence-electron chi connectivity index (χ3n) is 1.58. The van der Waals surface area contributed by atoms with E-state index in [2.05, 4.69) is 10.3 Å². The van der Waals surface area contributed by atoms with Crippen LogP contribution in [0.2, 0.25) is 0 Å². The lowest BCUT2D eigenvalue weighted by molar-refractivity contribution is -0.119. The number of nitrogens with two attached hydrogens (primary N) is 2. The molecule has 0 aromatic heterocycles. The van der Waals surface area contributed by atoms with Gasteiger partial charge in [-0.3, -0.25) is 9.79 Å².